The highest BCUT2D eigenvalue weighted by atomic mass is 35.5. The van der Waals surface area contributed by atoms with Gasteiger partial charge in [0.05, 0.1) is 11.6 Å². The third-order valence-corrected chi connectivity index (χ3v) is 7.69. The number of aliphatic hydroxyl groups is 1. The molecular formula is C30H25ClF3N3O6S. The first-order valence-electron chi connectivity index (χ1n) is 13.0. The molecule has 0 aliphatic carbocycles. The fourth-order valence-electron chi connectivity index (χ4n) is 4.41. The Labute approximate surface area is 258 Å². The van der Waals surface area contributed by atoms with Crippen molar-refractivity contribution in [3.05, 3.63) is 106 Å². The summed E-state index contributed by atoms with van der Waals surface area (Å²) in [6, 6.07) is 20.9. The number of rotatable bonds is 12. The van der Waals surface area contributed by atoms with E-state index >= 15 is 0 Å². The number of carboxylic acids is 2. The maximum Gasteiger partial charge on any atom is 0.446 e. The van der Waals surface area contributed by atoms with Crippen molar-refractivity contribution in [2.45, 2.75) is 41.9 Å². The quantitative estimate of drug-likeness (QED) is 0.143. The first-order chi connectivity index (χ1) is 20.8. The summed E-state index contributed by atoms with van der Waals surface area (Å²) in [5, 5.41) is 35.5. The van der Waals surface area contributed by atoms with Gasteiger partial charge in [0.1, 0.15) is 5.69 Å². The van der Waals surface area contributed by atoms with Gasteiger partial charge < -0.3 is 20.6 Å². The maximum atomic E-state index is 13.2. The van der Waals surface area contributed by atoms with Crippen LogP contribution in [-0.4, -0.2) is 60.6 Å². The van der Waals surface area contributed by atoms with Gasteiger partial charge in [-0.05, 0) is 52.6 Å². The number of hydrogen-bond donors (Lipinski definition) is 4. The van der Waals surface area contributed by atoms with Gasteiger partial charge in [0.15, 0.2) is 11.8 Å². The van der Waals surface area contributed by atoms with Gasteiger partial charge in [0.25, 0.3) is 5.91 Å². The molecule has 14 heteroatoms. The number of amides is 1. The molecule has 0 bridgehead atoms. The zero-order valence-corrected chi connectivity index (χ0v) is 24.2. The number of carbonyl (C=O) groups excluding carboxylic acids is 1. The molecular weight excluding hydrogens is 623 g/mol. The van der Waals surface area contributed by atoms with Gasteiger partial charge in [-0.3, -0.25) is 9.48 Å². The third-order valence-electron chi connectivity index (χ3n) is 6.46. The zero-order chi connectivity index (χ0) is 32.0. The van der Waals surface area contributed by atoms with Gasteiger partial charge in [0, 0.05) is 23.4 Å². The van der Waals surface area contributed by atoms with Crippen molar-refractivity contribution in [3.63, 3.8) is 0 Å². The topological polar surface area (TPSA) is 142 Å². The van der Waals surface area contributed by atoms with Crippen LogP contribution in [0.15, 0.2) is 83.8 Å². The van der Waals surface area contributed by atoms with Gasteiger partial charge in [-0.25, -0.2) is 9.59 Å². The maximum absolute atomic E-state index is 13.2. The van der Waals surface area contributed by atoms with Crippen LogP contribution in [0.2, 0.25) is 5.02 Å². The van der Waals surface area contributed by atoms with E-state index in [1.54, 1.807) is 0 Å². The van der Waals surface area contributed by atoms with Crippen molar-refractivity contribution in [1.29, 1.82) is 0 Å². The number of carbonyl (C=O) groups is 3. The van der Waals surface area contributed by atoms with E-state index in [2.05, 4.69) is 10.4 Å². The van der Waals surface area contributed by atoms with Crippen molar-refractivity contribution in [2.75, 3.05) is 0 Å². The highest BCUT2D eigenvalue weighted by Crippen LogP contribution is 2.40. The minimum absolute atomic E-state index is 0.139. The Morgan fingerprint density at radius 1 is 0.932 bits per heavy atom. The number of nitrogens with one attached hydrogen (secondary N) is 1. The highest BCUT2D eigenvalue weighted by molar-refractivity contribution is 8.00. The summed E-state index contributed by atoms with van der Waals surface area (Å²) >= 11 is 5.47. The van der Waals surface area contributed by atoms with E-state index in [-0.39, 0.29) is 40.6 Å². The van der Waals surface area contributed by atoms with Crippen LogP contribution in [0.25, 0.3) is 11.1 Å². The fraction of sp³-hybridized carbons (Fsp3) is 0.200. The van der Waals surface area contributed by atoms with Crippen molar-refractivity contribution in [2.24, 2.45) is 0 Å². The van der Waals surface area contributed by atoms with Crippen LogP contribution in [0.1, 0.15) is 38.5 Å². The second-order valence-corrected chi connectivity index (χ2v) is 11.2. The SMILES string of the molecule is O=C(N[C@H](Cc1ccc(-c2ccccc2)cc1)CC(O)C(=O)O)c1cc(C(=O)O)n(Cc2ccc(Cl)c(SC(F)(F)F)c2)n1. The molecule has 4 N–H and O–H groups in total. The van der Waals surface area contributed by atoms with Crippen molar-refractivity contribution in [1.82, 2.24) is 15.1 Å². The van der Waals surface area contributed by atoms with E-state index in [0.29, 0.717) is 0 Å². The number of halogens is 4. The number of hydrogen-bond acceptors (Lipinski definition) is 6. The number of aliphatic carboxylic acids is 1. The molecule has 1 amide bonds. The Morgan fingerprint density at radius 3 is 2.18 bits per heavy atom. The molecule has 2 atom stereocenters. The molecule has 44 heavy (non-hydrogen) atoms. The van der Waals surface area contributed by atoms with Gasteiger partial charge in [0.2, 0.25) is 0 Å². The molecule has 0 radical (unpaired) electrons. The Kier molecular flexibility index (Phi) is 10.3. The molecule has 0 saturated heterocycles. The molecule has 1 unspecified atom stereocenters. The van der Waals surface area contributed by atoms with E-state index in [1.165, 1.54) is 12.1 Å². The van der Waals surface area contributed by atoms with Crippen LogP contribution < -0.4 is 5.32 Å². The van der Waals surface area contributed by atoms with E-state index in [4.69, 9.17) is 11.6 Å². The zero-order valence-electron chi connectivity index (χ0n) is 22.7. The number of aromatic carboxylic acids is 1. The summed E-state index contributed by atoms with van der Waals surface area (Å²) in [5.41, 5.74) is -2.41. The molecule has 3 aromatic carbocycles. The second kappa shape index (κ2) is 14.0. The van der Waals surface area contributed by atoms with Crippen molar-refractivity contribution >= 4 is 41.2 Å². The standard InChI is InChI=1S/C30H25ClF3N3O6S/c31-22-11-8-18(13-26(22)44-30(32,33)34)16-37-24(28(40)41)15-23(36-37)27(39)35-21(14-25(38)29(42)43)12-17-6-9-20(10-7-17)19-4-2-1-3-5-19/h1-11,13,15,21,25,38H,12,14,16H2,(H,35,39)(H,40,41)(H,42,43)/t21-,25?/m1/s1. The van der Waals surface area contributed by atoms with E-state index in [0.717, 1.165) is 33.5 Å². The minimum Gasteiger partial charge on any atom is -0.479 e. The smallest absolute Gasteiger partial charge is 0.446 e. The molecule has 1 heterocycles. The van der Waals surface area contributed by atoms with Crippen LogP contribution in [0.3, 0.4) is 0 Å². The lowest BCUT2D eigenvalue weighted by molar-refractivity contribution is -0.147. The van der Waals surface area contributed by atoms with Crippen LogP contribution in [0.4, 0.5) is 13.2 Å². The van der Waals surface area contributed by atoms with Crippen LogP contribution in [-0.2, 0) is 17.8 Å². The number of benzene rings is 3. The number of thioether (sulfide) groups is 1. The summed E-state index contributed by atoms with van der Waals surface area (Å²) in [5.74, 6) is -3.75. The van der Waals surface area contributed by atoms with Gasteiger partial charge in [-0.1, -0.05) is 72.3 Å². The molecule has 4 rings (SSSR count). The van der Waals surface area contributed by atoms with Crippen LogP contribution >= 0.6 is 23.4 Å². The number of alkyl halides is 3. The normalized spacial score (nSPS) is 12.8. The molecule has 9 nitrogen and oxygen atoms in total. The molecule has 0 spiro atoms. The summed E-state index contributed by atoms with van der Waals surface area (Å²) in [7, 11) is 0. The Balaban J connectivity index is 1.54. The van der Waals surface area contributed by atoms with E-state index in [9.17, 15) is 42.9 Å². The van der Waals surface area contributed by atoms with Crippen LogP contribution in [0.5, 0.6) is 0 Å². The lowest BCUT2D eigenvalue weighted by Gasteiger charge is -2.20. The molecule has 1 aromatic heterocycles. The number of nitrogens with zero attached hydrogens (tertiary/aromatic N) is 2. The lowest BCUT2D eigenvalue weighted by Crippen LogP contribution is -2.40. The van der Waals surface area contributed by atoms with Crippen molar-refractivity contribution in [3.8, 4) is 11.1 Å². The largest absolute Gasteiger partial charge is 0.479 e. The van der Waals surface area contributed by atoms with Gasteiger partial charge in [-0.15, -0.1) is 0 Å². The summed E-state index contributed by atoms with van der Waals surface area (Å²) in [6.45, 7) is -0.285. The Morgan fingerprint density at radius 2 is 1.57 bits per heavy atom. The van der Waals surface area contributed by atoms with Crippen molar-refractivity contribution < 1.29 is 42.9 Å². The monoisotopic (exact) mass is 647 g/mol. The molecule has 0 saturated carbocycles. The first kappa shape index (κ1) is 32.6. The fourth-order valence-corrected chi connectivity index (χ4v) is 5.27. The van der Waals surface area contributed by atoms with E-state index in [1.807, 2.05) is 54.6 Å². The molecule has 0 aliphatic heterocycles. The molecule has 4 aromatic rings. The minimum atomic E-state index is -4.60. The second-order valence-electron chi connectivity index (χ2n) is 9.72. The van der Waals surface area contributed by atoms with Gasteiger partial charge in [-0.2, -0.15) is 18.3 Å². The lowest BCUT2D eigenvalue weighted by atomic mass is 9.97. The molecule has 230 valence electrons. The average molecular weight is 648 g/mol. The Bertz CT molecular complexity index is 1650. The number of carboxylic acid groups (broad SMARTS) is 2. The summed E-state index contributed by atoms with van der Waals surface area (Å²) < 4.78 is 39.7. The summed E-state index contributed by atoms with van der Waals surface area (Å²) in [4.78, 5) is 36.1. The average Bonchev–Trinajstić information content (AvgIpc) is 3.39. The van der Waals surface area contributed by atoms with Gasteiger partial charge >= 0.3 is 17.4 Å². The highest BCUT2D eigenvalue weighted by Gasteiger charge is 2.31. The van der Waals surface area contributed by atoms with E-state index < -0.39 is 53.0 Å². The predicted molar refractivity (Wildman–Crippen MR) is 157 cm³/mol. The number of aromatic nitrogens is 2. The first-order valence-corrected chi connectivity index (χ1v) is 14.2. The molecule has 0 fully saturated rings. The Hall–Kier alpha value is -4.33. The third kappa shape index (κ3) is 8.85. The van der Waals surface area contributed by atoms with Crippen LogP contribution in [0, 0.1) is 0 Å². The summed E-state index contributed by atoms with van der Waals surface area (Å²) in [6.07, 6.45) is -2.00. The molecule has 0 aliphatic rings. The predicted octanol–water partition coefficient (Wildman–Crippen LogP) is 5.74. The number of aliphatic hydroxyl groups excluding tert-OH is 1.